The van der Waals surface area contributed by atoms with Gasteiger partial charge in [-0.15, -0.1) is 0 Å². The summed E-state index contributed by atoms with van der Waals surface area (Å²) >= 11 is 0. The minimum Gasteiger partial charge on any atom is -0.361 e. The van der Waals surface area contributed by atoms with Crippen LogP contribution in [0.5, 0.6) is 0 Å². The molecule has 5 nitrogen and oxygen atoms in total. The molecule has 0 aromatic carbocycles. The Morgan fingerprint density at radius 3 is 2.54 bits per heavy atom. The number of amides is 1. The standard InChI is InChI=1S/C19H29N3O2/c1-14-9-18(20-24-14)13-21-7-5-15(6-8-21)10-19(23)22-11-16-3-2-4-17(16)12-22/h9,15-17H,2-8,10-13H2,1H3. The maximum atomic E-state index is 12.6. The summed E-state index contributed by atoms with van der Waals surface area (Å²) in [6.07, 6.45) is 7.08. The molecule has 3 aliphatic rings. The Morgan fingerprint density at radius 1 is 1.21 bits per heavy atom. The molecule has 2 unspecified atom stereocenters. The fraction of sp³-hybridized carbons (Fsp3) is 0.789. The smallest absolute Gasteiger partial charge is 0.222 e. The number of aryl methyl sites for hydroxylation is 1. The highest BCUT2D eigenvalue weighted by atomic mass is 16.5. The van der Waals surface area contributed by atoms with Crippen molar-refractivity contribution in [2.75, 3.05) is 26.2 Å². The molecule has 3 heterocycles. The van der Waals surface area contributed by atoms with Crippen LogP contribution in [0.15, 0.2) is 10.6 Å². The van der Waals surface area contributed by atoms with Gasteiger partial charge in [-0.1, -0.05) is 11.6 Å². The SMILES string of the molecule is Cc1cc(CN2CCC(CC(=O)N3CC4CCCC4C3)CC2)no1. The van der Waals surface area contributed by atoms with Crippen molar-refractivity contribution < 1.29 is 9.32 Å². The average molecular weight is 331 g/mol. The van der Waals surface area contributed by atoms with Gasteiger partial charge in [0.1, 0.15) is 5.76 Å². The number of carbonyl (C=O) groups is 1. The summed E-state index contributed by atoms with van der Waals surface area (Å²) < 4.78 is 5.14. The number of hydrogen-bond acceptors (Lipinski definition) is 4. The molecule has 3 fully saturated rings. The summed E-state index contributed by atoms with van der Waals surface area (Å²) in [5.74, 6) is 3.47. The molecule has 1 aliphatic carbocycles. The monoisotopic (exact) mass is 331 g/mol. The Balaban J connectivity index is 1.21. The minimum absolute atomic E-state index is 0.412. The Labute approximate surface area is 144 Å². The highest BCUT2D eigenvalue weighted by Crippen LogP contribution is 2.38. The van der Waals surface area contributed by atoms with Gasteiger partial charge in [0.15, 0.2) is 0 Å². The first-order valence-electron chi connectivity index (χ1n) is 9.59. The van der Waals surface area contributed by atoms with Gasteiger partial charge in [0, 0.05) is 32.1 Å². The van der Waals surface area contributed by atoms with Crippen molar-refractivity contribution in [3.05, 3.63) is 17.5 Å². The van der Waals surface area contributed by atoms with Crippen LogP contribution in [-0.2, 0) is 11.3 Å². The van der Waals surface area contributed by atoms with Crippen LogP contribution in [0.1, 0.15) is 50.0 Å². The van der Waals surface area contributed by atoms with Crippen molar-refractivity contribution in [1.29, 1.82) is 0 Å². The molecular formula is C19H29N3O2. The van der Waals surface area contributed by atoms with E-state index in [1.54, 1.807) is 0 Å². The number of nitrogens with zero attached hydrogens (tertiary/aromatic N) is 3. The Hall–Kier alpha value is -1.36. The maximum absolute atomic E-state index is 12.6. The third-order valence-corrected chi connectivity index (χ3v) is 6.31. The van der Waals surface area contributed by atoms with Crippen molar-refractivity contribution >= 4 is 5.91 Å². The van der Waals surface area contributed by atoms with E-state index in [0.29, 0.717) is 11.8 Å². The van der Waals surface area contributed by atoms with Gasteiger partial charge in [-0.05, 0) is 63.5 Å². The largest absolute Gasteiger partial charge is 0.361 e. The summed E-state index contributed by atoms with van der Waals surface area (Å²) in [6, 6.07) is 2.01. The van der Waals surface area contributed by atoms with Crippen molar-refractivity contribution in [3.8, 4) is 0 Å². The first-order chi connectivity index (χ1) is 11.7. The topological polar surface area (TPSA) is 49.6 Å². The third-order valence-electron chi connectivity index (χ3n) is 6.31. The van der Waals surface area contributed by atoms with E-state index >= 15 is 0 Å². The Kier molecular flexibility index (Phi) is 4.61. The number of rotatable bonds is 4. The van der Waals surface area contributed by atoms with E-state index in [-0.39, 0.29) is 0 Å². The molecule has 1 amide bonds. The van der Waals surface area contributed by atoms with E-state index in [4.69, 9.17) is 4.52 Å². The number of aromatic nitrogens is 1. The van der Waals surface area contributed by atoms with Crippen molar-refractivity contribution in [3.63, 3.8) is 0 Å². The summed E-state index contributed by atoms with van der Waals surface area (Å²) in [5.41, 5.74) is 1.02. The van der Waals surface area contributed by atoms with E-state index in [0.717, 1.165) is 75.3 Å². The Morgan fingerprint density at radius 2 is 1.92 bits per heavy atom. The first-order valence-corrected chi connectivity index (χ1v) is 9.59. The molecule has 0 N–H and O–H groups in total. The van der Waals surface area contributed by atoms with Gasteiger partial charge in [-0.2, -0.15) is 0 Å². The lowest BCUT2D eigenvalue weighted by atomic mass is 9.93. The average Bonchev–Trinajstić information content (AvgIpc) is 3.25. The molecule has 2 aliphatic heterocycles. The molecule has 2 atom stereocenters. The number of fused-ring (bicyclic) bond motifs is 1. The summed E-state index contributed by atoms with van der Waals surface area (Å²) in [6.45, 7) is 7.00. The van der Waals surface area contributed by atoms with Crippen LogP contribution in [-0.4, -0.2) is 47.0 Å². The molecule has 2 saturated heterocycles. The number of likely N-dealkylation sites (tertiary alicyclic amines) is 2. The molecule has 1 aromatic heterocycles. The van der Waals surface area contributed by atoms with Crippen molar-refractivity contribution in [2.24, 2.45) is 17.8 Å². The zero-order valence-corrected chi connectivity index (χ0v) is 14.7. The van der Waals surface area contributed by atoms with E-state index in [1.165, 1.54) is 19.3 Å². The number of carbonyl (C=O) groups excluding carboxylic acids is 1. The van der Waals surface area contributed by atoms with Gasteiger partial charge in [0.05, 0.1) is 5.69 Å². The zero-order chi connectivity index (χ0) is 16.5. The molecule has 1 aromatic rings. The van der Waals surface area contributed by atoms with Gasteiger partial charge in [-0.25, -0.2) is 0 Å². The quantitative estimate of drug-likeness (QED) is 0.851. The van der Waals surface area contributed by atoms with Gasteiger partial charge in [0.25, 0.3) is 0 Å². The normalized spacial score (nSPS) is 28.5. The van der Waals surface area contributed by atoms with E-state index in [2.05, 4.69) is 15.0 Å². The second-order valence-corrected chi connectivity index (χ2v) is 8.10. The van der Waals surface area contributed by atoms with Crippen LogP contribution in [0, 0.1) is 24.7 Å². The van der Waals surface area contributed by atoms with Crippen molar-refractivity contribution in [1.82, 2.24) is 15.0 Å². The minimum atomic E-state index is 0.412. The molecule has 0 spiro atoms. The first kappa shape index (κ1) is 16.1. The van der Waals surface area contributed by atoms with E-state index in [9.17, 15) is 4.79 Å². The predicted octanol–water partition coefficient (Wildman–Crippen LogP) is 2.84. The number of hydrogen-bond donors (Lipinski definition) is 0. The highest BCUT2D eigenvalue weighted by Gasteiger charge is 2.38. The third kappa shape index (κ3) is 3.51. The second-order valence-electron chi connectivity index (χ2n) is 8.10. The van der Waals surface area contributed by atoms with Crippen molar-refractivity contribution in [2.45, 2.75) is 52.0 Å². The molecule has 1 saturated carbocycles. The van der Waals surface area contributed by atoms with Gasteiger partial charge >= 0.3 is 0 Å². The summed E-state index contributed by atoms with van der Waals surface area (Å²) in [5, 5.41) is 4.08. The van der Waals surface area contributed by atoms with Crippen LogP contribution in [0.2, 0.25) is 0 Å². The van der Waals surface area contributed by atoms with Gasteiger partial charge in [-0.3, -0.25) is 9.69 Å². The Bertz CT molecular complexity index is 565. The highest BCUT2D eigenvalue weighted by molar-refractivity contribution is 5.76. The molecule has 24 heavy (non-hydrogen) atoms. The van der Waals surface area contributed by atoms with Crippen LogP contribution in [0.3, 0.4) is 0 Å². The van der Waals surface area contributed by atoms with Crippen LogP contribution in [0.4, 0.5) is 0 Å². The molecule has 0 radical (unpaired) electrons. The van der Waals surface area contributed by atoms with E-state index in [1.807, 2.05) is 13.0 Å². The fourth-order valence-corrected chi connectivity index (χ4v) is 4.88. The molecule has 5 heteroatoms. The lowest BCUT2D eigenvalue weighted by molar-refractivity contribution is -0.131. The maximum Gasteiger partial charge on any atom is 0.222 e. The zero-order valence-electron chi connectivity index (χ0n) is 14.7. The summed E-state index contributed by atoms with van der Waals surface area (Å²) in [4.78, 5) is 17.2. The molecule has 4 rings (SSSR count). The van der Waals surface area contributed by atoms with Gasteiger partial charge < -0.3 is 9.42 Å². The van der Waals surface area contributed by atoms with E-state index < -0.39 is 0 Å². The van der Waals surface area contributed by atoms with Crippen LogP contribution < -0.4 is 0 Å². The lowest BCUT2D eigenvalue weighted by Gasteiger charge is -2.31. The fourth-order valence-electron chi connectivity index (χ4n) is 4.88. The molecule has 132 valence electrons. The van der Waals surface area contributed by atoms with Crippen LogP contribution >= 0.6 is 0 Å². The summed E-state index contributed by atoms with van der Waals surface area (Å²) in [7, 11) is 0. The predicted molar refractivity (Wildman–Crippen MR) is 91.3 cm³/mol. The van der Waals surface area contributed by atoms with Gasteiger partial charge in [0.2, 0.25) is 5.91 Å². The second kappa shape index (κ2) is 6.87. The lowest BCUT2D eigenvalue weighted by Crippen LogP contribution is -2.36. The molecule has 0 bridgehead atoms. The van der Waals surface area contributed by atoms with Crippen LogP contribution in [0.25, 0.3) is 0 Å². The molecular weight excluding hydrogens is 302 g/mol. The number of piperidine rings is 1.